The third-order valence-electron chi connectivity index (χ3n) is 3.53. The highest BCUT2D eigenvalue weighted by Crippen LogP contribution is 2.21. The Kier molecular flexibility index (Phi) is 8.23. The minimum Gasteiger partial charge on any atom is -0.491 e. The molecule has 0 atom stereocenters. The average molecular weight is 436 g/mol. The zero-order valence-electron chi connectivity index (χ0n) is 16.2. The van der Waals surface area contributed by atoms with Crippen molar-refractivity contribution in [1.82, 2.24) is 16.2 Å². The molecule has 0 fully saturated rings. The first-order chi connectivity index (χ1) is 13.7. The first kappa shape index (κ1) is 22.4. The van der Waals surface area contributed by atoms with E-state index in [1.807, 2.05) is 20.8 Å². The Balaban J connectivity index is 1.75. The lowest BCUT2D eigenvalue weighted by molar-refractivity contribution is -0.123. The maximum atomic E-state index is 12.2. The molecule has 29 heavy (non-hydrogen) atoms. The van der Waals surface area contributed by atoms with Gasteiger partial charge in [-0.15, -0.1) is 0 Å². The van der Waals surface area contributed by atoms with E-state index in [1.165, 1.54) is 0 Å². The zero-order chi connectivity index (χ0) is 21.4. The van der Waals surface area contributed by atoms with E-state index in [2.05, 4.69) is 16.2 Å². The van der Waals surface area contributed by atoms with Crippen LogP contribution in [-0.4, -0.2) is 29.6 Å². The molecule has 0 saturated heterocycles. The number of hydrogen-bond acceptors (Lipinski definition) is 5. The SMILES string of the molecule is Cc1cc(Cl)ccc1OCC(=O)NNC(=S)NC(=O)c1ccc(OC(C)C)cc1. The van der Waals surface area contributed by atoms with E-state index >= 15 is 0 Å². The summed E-state index contributed by atoms with van der Waals surface area (Å²) in [7, 11) is 0. The lowest BCUT2D eigenvalue weighted by atomic mass is 10.2. The Labute approximate surface area is 179 Å². The Bertz CT molecular complexity index is 888. The van der Waals surface area contributed by atoms with Crippen LogP contribution in [0.25, 0.3) is 0 Å². The quantitative estimate of drug-likeness (QED) is 0.477. The number of halogens is 1. The van der Waals surface area contributed by atoms with Crippen LogP contribution in [0.5, 0.6) is 11.5 Å². The summed E-state index contributed by atoms with van der Waals surface area (Å²) < 4.78 is 10.9. The summed E-state index contributed by atoms with van der Waals surface area (Å²) in [6.45, 7) is 5.42. The first-order valence-electron chi connectivity index (χ1n) is 8.80. The standard InChI is InChI=1S/C20H22ClN3O4S/c1-12(2)28-16-7-4-14(5-8-16)19(26)22-20(29)24-23-18(25)11-27-17-9-6-15(21)10-13(17)3/h4-10,12H,11H2,1-3H3,(H,23,25)(H2,22,24,26,29). The van der Waals surface area contributed by atoms with E-state index in [0.29, 0.717) is 22.1 Å². The number of aryl methyl sites for hydroxylation is 1. The molecule has 9 heteroatoms. The molecule has 0 bridgehead atoms. The Morgan fingerprint density at radius 3 is 2.41 bits per heavy atom. The number of thiocarbonyl (C=S) groups is 1. The Hall–Kier alpha value is -2.84. The Morgan fingerprint density at radius 1 is 1.10 bits per heavy atom. The molecule has 0 aliphatic rings. The molecule has 0 aromatic heterocycles. The van der Waals surface area contributed by atoms with E-state index in [4.69, 9.17) is 33.3 Å². The molecule has 0 unspecified atom stereocenters. The smallest absolute Gasteiger partial charge is 0.276 e. The molecule has 2 aromatic carbocycles. The summed E-state index contributed by atoms with van der Waals surface area (Å²) in [5.74, 6) is 0.331. The fourth-order valence-electron chi connectivity index (χ4n) is 2.24. The van der Waals surface area contributed by atoms with Crippen LogP contribution in [0, 0.1) is 6.92 Å². The van der Waals surface area contributed by atoms with Gasteiger partial charge >= 0.3 is 0 Å². The van der Waals surface area contributed by atoms with Crippen molar-refractivity contribution >= 4 is 40.7 Å². The summed E-state index contributed by atoms with van der Waals surface area (Å²) in [5, 5.41) is 3.01. The minimum absolute atomic E-state index is 0.0441. The van der Waals surface area contributed by atoms with Crippen LogP contribution in [0.3, 0.4) is 0 Å². The summed E-state index contributed by atoms with van der Waals surface area (Å²) in [4.78, 5) is 24.1. The van der Waals surface area contributed by atoms with Gasteiger partial charge < -0.3 is 9.47 Å². The highest BCUT2D eigenvalue weighted by molar-refractivity contribution is 7.80. The lowest BCUT2D eigenvalue weighted by Gasteiger charge is -2.13. The van der Waals surface area contributed by atoms with E-state index in [9.17, 15) is 9.59 Å². The van der Waals surface area contributed by atoms with Gasteiger partial charge in [0.25, 0.3) is 11.8 Å². The summed E-state index contributed by atoms with van der Waals surface area (Å²) in [6.07, 6.45) is 0.0441. The molecule has 3 N–H and O–H groups in total. The van der Waals surface area contributed by atoms with E-state index in [0.717, 1.165) is 5.56 Å². The van der Waals surface area contributed by atoms with Crippen molar-refractivity contribution < 1.29 is 19.1 Å². The van der Waals surface area contributed by atoms with Crippen molar-refractivity contribution in [3.63, 3.8) is 0 Å². The van der Waals surface area contributed by atoms with Gasteiger partial charge in [0, 0.05) is 10.6 Å². The third kappa shape index (κ3) is 7.59. The number of hydrogen-bond donors (Lipinski definition) is 3. The van der Waals surface area contributed by atoms with Crippen LogP contribution >= 0.6 is 23.8 Å². The van der Waals surface area contributed by atoms with Gasteiger partial charge in [0.15, 0.2) is 11.7 Å². The predicted molar refractivity (Wildman–Crippen MR) is 115 cm³/mol. The lowest BCUT2D eigenvalue weighted by Crippen LogP contribution is -2.49. The highest BCUT2D eigenvalue weighted by atomic mass is 35.5. The molecule has 154 valence electrons. The molecular formula is C20H22ClN3O4S. The summed E-state index contributed by atoms with van der Waals surface area (Å²) >= 11 is 10.9. The van der Waals surface area contributed by atoms with Gasteiger partial charge in [0.2, 0.25) is 0 Å². The zero-order valence-corrected chi connectivity index (χ0v) is 17.8. The Morgan fingerprint density at radius 2 is 1.79 bits per heavy atom. The number of carbonyl (C=O) groups excluding carboxylic acids is 2. The second-order valence-electron chi connectivity index (χ2n) is 6.35. The van der Waals surface area contributed by atoms with Crippen molar-refractivity contribution in [1.29, 1.82) is 0 Å². The molecule has 2 amide bonds. The normalized spacial score (nSPS) is 10.2. The average Bonchev–Trinajstić information content (AvgIpc) is 2.65. The number of benzene rings is 2. The van der Waals surface area contributed by atoms with Crippen molar-refractivity contribution in [2.24, 2.45) is 0 Å². The number of ether oxygens (including phenoxy) is 2. The van der Waals surface area contributed by atoms with Crippen LogP contribution in [0.4, 0.5) is 0 Å². The minimum atomic E-state index is -0.467. The molecule has 2 rings (SSSR count). The molecule has 0 aliphatic heterocycles. The maximum Gasteiger partial charge on any atom is 0.276 e. The number of nitrogens with one attached hydrogen (secondary N) is 3. The van der Waals surface area contributed by atoms with Gasteiger partial charge in [-0.05, 0) is 81.0 Å². The van der Waals surface area contributed by atoms with E-state index < -0.39 is 11.8 Å². The van der Waals surface area contributed by atoms with Crippen molar-refractivity contribution in [3.05, 3.63) is 58.6 Å². The van der Waals surface area contributed by atoms with Crippen LogP contribution in [-0.2, 0) is 4.79 Å². The van der Waals surface area contributed by atoms with E-state index in [-0.39, 0.29) is 17.8 Å². The fourth-order valence-corrected chi connectivity index (χ4v) is 2.61. The maximum absolute atomic E-state index is 12.2. The van der Waals surface area contributed by atoms with Gasteiger partial charge in [-0.3, -0.25) is 25.8 Å². The van der Waals surface area contributed by atoms with Crippen molar-refractivity contribution in [2.45, 2.75) is 26.9 Å². The van der Waals surface area contributed by atoms with Gasteiger partial charge in [-0.1, -0.05) is 11.6 Å². The summed E-state index contributed by atoms with van der Waals surface area (Å²) in [5.41, 5.74) is 6.02. The number of rotatable bonds is 6. The van der Waals surface area contributed by atoms with Gasteiger partial charge in [0.1, 0.15) is 11.5 Å². The van der Waals surface area contributed by atoms with Crippen LogP contribution in [0.15, 0.2) is 42.5 Å². The van der Waals surface area contributed by atoms with Crippen molar-refractivity contribution in [3.8, 4) is 11.5 Å². The van der Waals surface area contributed by atoms with Gasteiger partial charge in [-0.25, -0.2) is 0 Å². The van der Waals surface area contributed by atoms with Crippen molar-refractivity contribution in [2.75, 3.05) is 6.61 Å². The number of amides is 2. The first-order valence-corrected chi connectivity index (χ1v) is 9.59. The molecule has 0 saturated carbocycles. The van der Waals surface area contributed by atoms with Gasteiger partial charge in [-0.2, -0.15) is 0 Å². The van der Waals surface area contributed by atoms with Crippen LogP contribution < -0.4 is 25.6 Å². The predicted octanol–water partition coefficient (Wildman–Crippen LogP) is 3.15. The molecule has 0 heterocycles. The van der Waals surface area contributed by atoms with Crippen LogP contribution in [0.1, 0.15) is 29.8 Å². The molecule has 0 radical (unpaired) electrons. The molecule has 7 nitrogen and oxygen atoms in total. The highest BCUT2D eigenvalue weighted by Gasteiger charge is 2.10. The third-order valence-corrected chi connectivity index (χ3v) is 3.97. The fraction of sp³-hybridized carbons (Fsp3) is 0.250. The van der Waals surface area contributed by atoms with Gasteiger partial charge in [0.05, 0.1) is 6.10 Å². The molecule has 0 spiro atoms. The number of carbonyl (C=O) groups is 2. The molecule has 0 aliphatic carbocycles. The summed E-state index contributed by atoms with van der Waals surface area (Å²) in [6, 6.07) is 11.7. The number of hydrazine groups is 1. The largest absolute Gasteiger partial charge is 0.491 e. The second-order valence-corrected chi connectivity index (χ2v) is 7.19. The molecular weight excluding hydrogens is 414 g/mol. The second kappa shape index (κ2) is 10.6. The van der Waals surface area contributed by atoms with Crippen LogP contribution in [0.2, 0.25) is 5.02 Å². The van der Waals surface area contributed by atoms with E-state index in [1.54, 1.807) is 42.5 Å². The molecule has 2 aromatic rings. The topological polar surface area (TPSA) is 88.7 Å². The monoisotopic (exact) mass is 435 g/mol.